The molecule has 0 heterocycles. The van der Waals surface area contributed by atoms with Crippen molar-refractivity contribution in [2.75, 3.05) is 37.4 Å². The number of rotatable bonds is 8. The zero-order valence-corrected chi connectivity index (χ0v) is 16.5. The third-order valence-corrected chi connectivity index (χ3v) is 4.92. The predicted molar refractivity (Wildman–Crippen MR) is 111 cm³/mol. The van der Waals surface area contributed by atoms with Gasteiger partial charge in [-0.15, -0.1) is 0 Å². The molecule has 1 aliphatic carbocycles. The Morgan fingerprint density at radius 3 is 2.32 bits per heavy atom. The van der Waals surface area contributed by atoms with Gasteiger partial charge in [0.2, 0.25) is 11.8 Å². The number of carbonyl (C=O) groups excluding carboxylic acids is 2. The van der Waals surface area contributed by atoms with Crippen molar-refractivity contribution in [1.82, 2.24) is 4.90 Å². The fraction of sp³-hybridized carbons (Fsp3) is 0.364. The van der Waals surface area contributed by atoms with E-state index >= 15 is 0 Å². The van der Waals surface area contributed by atoms with Gasteiger partial charge in [0, 0.05) is 17.4 Å². The van der Waals surface area contributed by atoms with Crippen LogP contribution in [0.1, 0.15) is 24.5 Å². The maximum Gasteiger partial charge on any atom is 0.238 e. The van der Waals surface area contributed by atoms with Crippen LogP contribution in [0.3, 0.4) is 0 Å². The number of hydrogen-bond donors (Lipinski definition) is 2. The van der Waals surface area contributed by atoms with Gasteiger partial charge in [-0.25, -0.2) is 0 Å². The Kier molecular flexibility index (Phi) is 6.66. The van der Waals surface area contributed by atoms with E-state index in [9.17, 15) is 9.59 Å². The number of fused-ring (bicyclic) bond motifs is 1. The fourth-order valence-corrected chi connectivity index (χ4v) is 3.44. The van der Waals surface area contributed by atoms with E-state index in [2.05, 4.69) is 22.8 Å². The minimum Gasteiger partial charge on any atom is -0.497 e. The summed E-state index contributed by atoms with van der Waals surface area (Å²) in [4.78, 5) is 26.5. The molecule has 0 aromatic heterocycles. The van der Waals surface area contributed by atoms with Gasteiger partial charge in [-0.1, -0.05) is 19.1 Å². The molecule has 0 fully saturated rings. The van der Waals surface area contributed by atoms with Gasteiger partial charge in [0.15, 0.2) is 0 Å². The minimum absolute atomic E-state index is 0.117. The molecule has 0 saturated heterocycles. The Balaban J connectivity index is 1.51. The number of anilines is 2. The van der Waals surface area contributed by atoms with Crippen LogP contribution >= 0.6 is 0 Å². The van der Waals surface area contributed by atoms with Crippen molar-refractivity contribution >= 4 is 23.2 Å². The summed E-state index contributed by atoms with van der Waals surface area (Å²) >= 11 is 0. The van der Waals surface area contributed by atoms with E-state index in [1.54, 1.807) is 24.1 Å². The predicted octanol–water partition coefficient (Wildman–Crippen LogP) is 3.08. The summed E-state index contributed by atoms with van der Waals surface area (Å²) in [6.45, 7) is 2.84. The van der Waals surface area contributed by atoms with Gasteiger partial charge < -0.3 is 15.4 Å². The van der Waals surface area contributed by atoms with Crippen molar-refractivity contribution in [3.63, 3.8) is 0 Å². The Hall–Kier alpha value is -2.86. The number of benzene rings is 2. The Bertz CT molecular complexity index is 851. The molecule has 28 heavy (non-hydrogen) atoms. The van der Waals surface area contributed by atoms with Crippen molar-refractivity contribution in [2.24, 2.45) is 0 Å². The number of aryl methyl sites for hydroxylation is 2. The smallest absolute Gasteiger partial charge is 0.238 e. The van der Waals surface area contributed by atoms with E-state index in [0.29, 0.717) is 18.0 Å². The molecule has 2 aromatic rings. The van der Waals surface area contributed by atoms with Crippen LogP contribution in [0.4, 0.5) is 11.4 Å². The number of methoxy groups -OCH3 is 1. The molecule has 0 unspecified atom stereocenters. The van der Waals surface area contributed by atoms with Crippen LogP contribution in [0.2, 0.25) is 0 Å². The number of amides is 2. The van der Waals surface area contributed by atoms with Crippen molar-refractivity contribution in [3.8, 4) is 5.75 Å². The van der Waals surface area contributed by atoms with E-state index in [-0.39, 0.29) is 24.9 Å². The van der Waals surface area contributed by atoms with Crippen LogP contribution < -0.4 is 15.4 Å². The van der Waals surface area contributed by atoms with Crippen LogP contribution in [0.5, 0.6) is 5.75 Å². The highest BCUT2D eigenvalue weighted by Crippen LogP contribution is 2.24. The van der Waals surface area contributed by atoms with Crippen LogP contribution in [0.25, 0.3) is 0 Å². The van der Waals surface area contributed by atoms with Gasteiger partial charge in [-0.2, -0.15) is 0 Å². The van der Waals surface area contributed by atoms with Crippen molar-refractivity contribution in [2.45, 2.75) is 26.2 Å². The molecule has 6 nitrogen and oxygen atoms in total. The normalized spacial score (nSPS) is 12.5. The summed E-state index contributed by atoms with van der Waals surface area (Å²) in [6, 6.07) is 13.3. The number of nitrogens with zero attached hydrogens (tertiary/aromatic N) is 1. The number of hydrogen-bond acceptors (Lipinski definition) is 4. The molecule has 0 saturated carbocycles. The van der Waals surface area contributed by atoms with Crippen molar-refractivity contribution < 1.29 is 14.3 Å². The Morgan fingerprint density at radius 1 is 0.964 bits per heavy atom. The first-order chi connectivity index (χ1) is 13.6. The summed E-state index contributed by atoms with van der Waals surface area (Å²) in [7, 11) is 1.58. The third kappa shape index (κ3) is 5.33. The van der Waals surface area contributed by atoms with E-state index in [0.717, 1.165) is 18.5 Å². The van der Waals surface area contributed by atoms with E-state index in [1.165, 1.54) is 17.5 Å². The summed E-state index contributed by atoms with van der Waals surface area (Å²) in [5.41, 5.74) is 4.19. The summed E-state index contributed by atoms with van der Waals surface area (Å²) in [6.07, 6.45) is 3.37. The van der Waals surface area contributed by atoms with E-state index < -0.39 is 0 Å². The van der Waals surface area contributed by atoms with Gasteiger partial charge in [0.1, 0.15) is 5.75 Å². The first-order valence-electron chi connectivity index (χ1n) is 9.65. The molecule has 0 spiro atoms. The van der Waals surface area contributed by atoms with E-state index in [1.807, 2.05) is 25.1 Å². The molecule has 6 heteroatoms. The van der Waals surface area contributed by atoms with Crippen LogP contribution in [0, 0.1) is 0 Å². The van der Waals surface area contributed by atoms with Gasteiger partial charge in [-0.05, 0) is 61.2 Å². The molecule has 1 aliphatic rings. The number of ether oxygens (including phenoxy) is 1. The second-order valence-corrected chi connectivity index (χ2v) is 6.97. The molecule has 0 aliphatic heterocycles. The molecular formula is C22H27N3O3. The van der Waals surface area contributed by atoms with Crippen LogP contribution in [-0.4, -0.2) is 43.5 Å². The monoisotopic (exact) mass is 381 g/mol. The third-order valence-electron chi connectivity index (χ3n) is 4.92. The average Bonchev–Trinajstić information content (AvgIpc) is 3.15. The second-order valence-electron chi connectivity index (χ2n) is 6.97. The Labute approximate surface area is 165 Å². The lowest BCUT2D eigenvalue weighted by atomic mass is 10.1. The fourth-order valence-electron chi connectivity index (χ4n) is 3.44. The molecule has 2 amide bonds. The standard InChI is InChI=1S/C22H27N3O3/c1-3-25(14-21(26)23-18-8-5-9-20(13-18)28-2)15-22(27)24-19-11-10-16-6-4-7-17(16)12-19/h5,8-13H,3-4,6-7,14-15H2,1-2H3,(H,23,26)(H,24,27). The number of likely N-dealkylation sites (N-methyl/N-ethyl adjacent to an activating group) is 1. The molecule has 0 radical (unpaired) electrons. The second kappa shape index (κ2) is 9.37. The Morgan fingerprint density at radius 2 is 1.64 bits per heavy atom. The van der Waals surface area contributed by atoms with Gasteiger partial charge in [-0.3, -0.25) is 14.5 Å². The summed E-state index contributed by atoms with van der Waals surface area (Å²) < 4.78 is 5.16. The lowest BCUT2D eigenvalue weighted by Gasteiger charge is -2.19. The lowest BCUT2D eigenvalue weighted by Crippen LogP contribution is -2.38. The maximum atomic E-state index is 12.4. The molecular weight excluding hydrogens is 354 g/mol. The lowest BCUT2D eigenvalue weighted by molar-refractivity contribution is -0.119. The number of nitrogens with one attached hydrogen (secondary N) is 2. The minimum atomic E-state index is -0.166. The quantitative estimate of drug-likeness (QED) is 0.737. The van der Waals surface area contributed by atoms with Gasteiger partial charge in [0.05, 0.1) is 20.2 Å². The first-order valence-corrected chi connectivity index (χ1v) is 9.65. The zero-order chi connectivity index (χ0) is 19.9. The SMILES string of the molecule is CCN(CC(=O)Nc1cccc(OC)c1)CC(=O)Nc1ccc2c(c1)CCC2. The molecule has 3 rings (SSSR count). The largest absolute Gasteiger partial charge is 0.497 e. The highest BCUT2D eigenvalue weighted by molar-refractivity contribution is 5.94. The van der Waals surface area contributed by atoms with Gasteiger partial charge >= 0.3 is 0 Å². The zero-order valence-electron chi connectivity index (χ0n) is 16.5. The van der Waals surface area contributed by atoms with E-state index in [4.69, 9.17) is 4.74 Å². The maximum absolute atomic E-state index is 12.4. The topological polar surface area (TPSA) is 70.7 Å². The summed E-state index contributed by atoms with van der Waals surface area (Å²) in [5.74, 6) is 0.397. The van der Waals surface area contributed by atoms with Crippen molar-refractivity contribution in [3.05, 3.63) is 53.6 Å². The molecule has 0 bridgehead atoms. The van der Waals surface area contributed by atoms with Crippen molar-refractivity contribution in [1.29, 1.82) is 0 Å². The molecule has 0 atom stereocenters. The molecule has 148 valence electrons. The number of carbonyl (C=O) groups is 2. The molecule has 2 aromatic carbocycles. The van der Waals surface area contributed by atoms with Gasteiger partial charge in [0.25, 0.3) is 0 Å². The highest BCUT2D eigenvalue weighted by atomic mass is 16.5. The molecule has 2 N–H and O–H groups in total. The first kappa shape index (κ1) is 19.9. The van der Waals surface area contributed by atoms with Crippen LogP contribution in [-0.2, 0) is 22.4 Å². The van der Waals surface area contributed by atoms with Crippen LogP contribution in [0.15, 0.2) is 42.5 Å². The average molecular weight is 381 g/mol. The summed E-state index contributed by atoms with van der Waals surface area (Å²) in [5, 5.41) is 5.79. The highest BCUT2D eigenvalue weighted by Gasteiger charge is 2.15.